The Morgan fingerprint density at radius 3 is 2.61 bits per heavy atom. The molecule has 1 heterocycles. The smallest absolute Gasteiger partial charge is 0.260 e. The van der Waals surface area contributed by atoms with Crippen molar-refractivity contribution < 1.29 is 9.18 Å². The highest BCUT2D eigenvalue weighted by molar-refractivity contribution is 7.80. The Balaban J connectivity index is 1.49. The summed E-state index contributed by atoms with van der Waals surface area (Å²) in [5.41, 5.74) is 2.54. The molecule has 0 atom stereocenters. The second kappa shape index (κ2) is 7.84. The molecule has 3 aromatic carbocycles. The van der Waals surface area contributed by atoms with Crippen LogP contribution in [0.1, 0.15) is 10.4 Å². The number of nitrogens with one attached hydrogen (secondary N) is 2. The number of rotatable bonds is 3. The van der Waals surface area contributed by atoms with Gasteiger partial charge in [0.15, 0.2) is 5.11 Å². The lowest BCUT2D eigenvalue weighted by molar-refractivity contribution is 0.0974. The van der Waals surface area contributed by atoms with Gasteiger partial charge in [-0.3, -0.25) is 10.1 Å². The van der Waals surface area contributed by atoms with Gasteiger partial charge in [-0.1, -0.05) is 36.4 Å². The molecule has 0 aliphatic rings. The average molecular weight is 407 g/mol. The summed E-state index contributed by atoms with van der Waals surface area (Å²) in [6, 6.07) is 21.3. The first-order valence-electron chi connectivity index (χ1n) is 8.43. The summed E-state index contributed by atoms with van der Waals surface area (Å²) in [6.07, 6.45) is 0. The van der Waals surface area contributed by atoms with Crippen molar-refractivity contribution >= 4 is 50.5 Å². The molecular formula is C21H14FN3OS2. The van der Waals surface area contributed by atoms with Crippen LogP contribution in [0.3, 0.4) is 0 Å². The molecule has 4 aromatic rings. The first-order chi connectivity index (χ1) is 13.6. The molecule has 4 rings (SSSR count). The summed E-state index contributed by atoms with van der Waals surface area (Å²) >= 11 is 6.79. The van der Waals surface area contributed by atoms with Gasteiger partial charge < -0.3 is 5.32 Å². The maximum absolute atomic E-state index is 13.7. The fourth-order valence-corrected chi connectivity index (χ4v) is 3.88. The van der Waals surface area contributed by atoms with Gasteiger partial charge in [-0.15, -0.1) is 11.3 Å². The number of hydrogen-bond acceptors (Lipinski definition) is 4. The SMILES string of the molecule is O=C(NC(=S)Nc1cccc(-c2nc3ccccc3s2)c1)c1ccccc1F. The summed E-state index contributed by atoms with van der Waals surface area (Å²) in [5.74, 6) is -1.20. The maximum Gasteiger partial charge on any atom is 0.260 e. The second-order valence-electron chi connectivity index (χ2n) is 5.96. The summed E-state index contributed by atoms with van der Waals surface area (Å²) in [4.78, 5) is 16.8. The molecule has 28 heavy (non-hydrogen) atoms. The van der Waals surface area contributed by atoms with E-state index in [2.05, 4.69) is 15.6 Å². The van der Waals surface area contributed by atoms with E-state index in [1.165, 1.54) is 18.2 Å². The first-order valence-corrected chi connectivity index (χ1v) is 9.65. The zero-order valence-electron chi connectivity index (χ0n) is 14.5. The standard InChI is InChI=1S/C21H14FN3OS2/c22-16-9-2-1-8-15(16)19(26)25-21(27)23-14-7-5-6-13(12-14)20-24-17-10-3-4-11-18(17)28-20/h1-12H,(H2,23,25,26,27). The Kier molecular flexibility index (Phi) is 5.10. The van der Waals surface area contributed by atoms with Gasteiger partial charge in [-0.2, -0.15) is 0 Å². The van der Waals surface area contributed by atoms with Gasteiger partial charge in [0.2, 0.25) is 0 Å². The number of aromatic nitrogens is 1. The zero-order valence-corrected chi connectivity index (χ0v) is 16.1. The fourth-order valence-electron chi connectivity index (χ4n) is 2.70. The molecule has 0 spiro atoms. The van der Waals surface area contributed by atoms with E-state index in [9.17, 15) is 9.18 Å². The summed E-state index contributed by atoms with van der Waals surface area (Å²) < 4.78 is 14.8. The Hall–Kier alpha value is -3.16. The summed E-state index contributed by atoms with van der Waals surface area (Å²) in [5, 5.41) is 6.44. The van der Waals surface area contributed by atoms with Crippen LogP contribution in [0, 0.1) is 5.82 Å². The molecule has 0 saturated heterocycles. The number of carbonyl (C=O) groups excluding carboxylic acids is 1. The van der Waals surface area contributed by atoms with Crippen LogP contribution in [0.2, 0.25) is 0 Å². The first kappa shape index (κ1) is 18.2. The van der Waals surface area contributed by atoms with Crippen LogP contribution in [0.5, 0.6) is 0 Å². The van der Waals surface area contributed by atoms with E-state index in [1.54, 1.807) is 17.4 Å². The van der Waals surface area contributed by atoms with Crippen molar-refractivity contribution in [3.05, 3.63) is 84.2 Å². The van der Waals surface area contributed by atoms with Crippen molar-refractivity contribution in [3.63, 3.8) is 0 Å². The van der Waals surface area contributed by atoms with Gasteiger partial charge in [-0.05, 0) is 48.6 Å². The normalized spacial score (nSPS) is 10.6. The Morgan fingerprint density at radius 2 is 1.79 bits per heavy atom. The summed E-state index contributed by atoms with van der Waals surface area (Å²) in [6.45, 7) is 0. The number of thiazole rings is 1. The predicted molar refractivity (Wildman–Crippen MR) is 115 cm³/mol. The lowest BCUT2D eigenvalue weighted by Gasteiger charge is -2.10. The molecular weight excluding hydrogens is 393 g/mol. The molecule has 0 aliphatic carbocycles. The number of nitrogens with zero attached hydrogens (tertiary/aromatic N) is 1. The van der Waals surface area contributed by atoms with Crippen LogP contribution in [0.15, 0.2) is 72.8 Å². The van der Waals surface area contributed by atoms with Crippen molar-refractivity contribution in [3.8, 4) is 10.6 Å². The van der Waals surface area contributed by atoms with Crippen LogP contribution in [0.25, 0.3) is 20.8 Å². The molecule has 0 fully saturated rings. The number of halogens is 1. The molecule has 0 radical (unpaired) electrons. The number of thiocarbonyl (C=S) groups is 1. The van der Waals surface area contributed by atoms with E-state index in [0.717, 1.165) is 20.8 Å². The van der Waals surface area contributed by atoms with Gasteiger partial charge in [0.1, 0.15) is 10.8 Å². The van der Waals surface area contributed by atoms with Crippen LogP contribution < -0.4 is 10.6 Å². The topological polar surface area (TPSA) is 54.0 Å². The molecule has 0 saturated carbocycles. The van der Waals surface area contributed by atoms with Crippen molar-refractivity contribution in [2.24, 2.45) is 0 Å². The number of benzene rings is 3. The van der Waals surface area contributed by atoms with Crippen LogP contribution in [-0.2, 0) is 0 Å². The van der Waals surface area contributed by atoms with Gasteiger partial charge in [0.05, 0.1) is 15.8 Å². The van der Waals surface area contributed by atoms with Crippen molar-refractivity contribution in [1.29, 1.82) is 0 Å². The summed E-state index contributed by atoms with van der Waals surface area (Å²) in [7, 11) is 0. The van der Waals surface area contributed by atoms with Crippen LogP contribution >= 0.6 is 23.6 Å². The average Bonchev–Trinajstić information content (AvgIpc) is 3.12. The minimum Gasteiger partial charge on any atom is -0.332 e. The van der Waals surface area contributed by atoms with Gasteiger partial charge in [0, 0.05) is 11.3 Å². The van der Waals surface area contributed by atoms with Crippen LogP contribution in [0.4, 0.5) is 10.1 Å². The van der Waals surface area contributed by atoms with E-state index in [0.29, 0.717) is 5.69 Å². The zero-order chi connectivity index (χ0) is 19.5. The fraction of sp³-hybridized carbons (Fsp3) is 0. The molecule has 0 aliphatic heterocycles. The minimum atomic E-state index is -0.599. The highest BCUT2D eigenvalue weighted by atomic mass is 32.1. The monoisotopic (exact) mass is 407 g/mol. The Morgan fingerprint density at radius 1 is 1.00 bits per heavy atom. The third-order valence-corrected chi connectivity index (χ3v) is 5.30. The van der Waals surface area contributed by atoms with E-state index < -0.39 is 11.7 Å². The number of fused-ring (bicyclic) bond motifs is 1. The lowest BCUT2D eigenvalue weighted by Crippen LogP contribution is -2.34. The predicted octanol–water partition coefficient (Wildman–Crippen LogP) is 5.23. The lowest BCUT2D eigenvalue weighted by atomic mass is 10.2. The maximum atomic E-state index is 13.7. The van der Waals surface area contributed by atoms with E-state index in [-0.39, 0.29) is 10.7 Å². The van der Waals surface area contributed by atoms with Gasteiger partial charge in [-0.25, -0.2) is 9.37 Å². The molecule has 7 heteroatoms. The van der Waals surface area contributed by atoms with Gasteiger partial charge >= 0.3 is 0 Å². The Bertz CT molecular complexity index is 1160. The largest absolute Gasteiger partial charge is 0.332 e. The number of amides is 1. The van der Waals surface area contributed by atoms with E-state index >= 15 is 0 Å². The van der Waals surface area contributed by atoms with Gasteiger partial charge in [0.25, 0.3) is 5.91 Å². The molecule has 4 nitrogen and oxygen atoms in total. The highest BCUT2D eigenvalue weighted by Crippen LogP contribution is 2.31. The van der Waals surface area contributed by atoms with E-state index in [1.807, 2.05) is 48.5 Å². The second-order valence-corrected chi connectivity index (χ2v) is 7.39. The van der Waals surface area contributed by atoms with E-state index in [4.69, 9.17) is 12.2 Å². The third kappa shape index (κ3) is 3.90. The number of hydrogen-bond donors (Lipinski definition) is 2. The quantitative estimate of drug-likeness (QED) is 0.457. The van der Waals surface area contributed by atoms with Crippen molar-refractivity contribution in [2.75, 3.05) is 5.32 Å². The molecule has 0 bridgehead atoms. The van der Waals surface area contributed by atoms with Crippen LogP contribution in [-0.4, -0.2) is 16.0 Å². The molecule has 2 N–H and O–H groups in total. The Labute approximate surface area is 170 Å². The highest BCUT2D eigenvalue weighted by Gasteiger charge is 2.13. The minimum absolute atomic E-state index is 0.0603. The number of anilines is 1. The number of carbonyl (C=O) groups is 1. The molecule has 1 amide bonds. The van der Waals surface area contributed by atoms with Crippen molar-refractivity contribution in [1.82, 2.24) is 10.3 Å². The molecule has 1 aromatic heterocycles. The third-order valence-electron chi connectivity index (χ3n) is 4.01. The number of para-hydroxylation sites is 1. The molecule has 0 unspecified atom stereocenters. The van der Waals surface area contributed by atoms with Crippen molar-refractivity contribution in [2.45, 2.75) is 0 Å². The molecule has 138 valence electrons.